The minimum atomic E-state index is -0.648. The molecule has 0 bridgehead atoms. The number of aromatic nitrogens is 3. The molecule has 7 heteroatoms. The highest BCUT2D eigenvalue weighted by molar-refractivity contribution is 5.97. The van der Waals surface area contributed by atoms with Crippen LogP contribution in [0.1, 0.15) is 0 Å². The van der Waals surface area contributed by atoms with E-state index in [4.69, 9.17) is 4.74 Å². The van der Waals surface area contributed by atoms with Crippen LogP contribution >= 0.6 is 0 Å². The van der Waals surface area contributed by atoms with Gasteiger partial charge in [0, 0.05) is 36.0 Å². The Kier molecular flexibility index (Phi) is 5.29. The lowest BCUT2D eigenvalue weighted by atomic mass is 10.0. The first kappa shape index (κ1) is 18.7. The summed E-state index contributed by atoms with van der Waals surface area (Å²) in [5.74, 6) is 1.01. The van der Waals surface area contributed by atoms with Gasteiger partial charge in [-0.25, -0.2) is 18.7 Å². The molecule has 0 spiro atoms. The lowest BCUT2D eigenvalue weighted by Crippen LogP contribution is -2.04. The molecule has 0 aliphatic rings. The minimum Gasteiger partial charge on any atom is -0.489 e. The second kappa shape index (κ2) is 8.18. The fourth-order valence-corrected chi connectivity index (χ4v) is 3.12. The third-order valence-corrected chi connectivity index (χ3v) is 4.44. The molecule has 0 aliphatic heterocycles. The average molecular weight is 392 g/mol. The Morgan fingerprint density at radius 1 is 1.03 bits per heavy atom. The highest BCUT2D eigenvalue weighted by Crippen LogP contribution is 2.36. The van der Waals surface area contributed by atoms with Crippen LogP contribution in [-0.2, 0) is 0 Å². The third kappa shape index (κ3) is 3.71. The molecular weight excluding hydrogens is 374 g/mol. The number of nitrogens with zero attached hydrogens (tertiary/aromatic N) is 3. The Bertz CT molecular complexity index is 1150. The highest BCUT2D eigenvalue weighted by Gasteiger charge is 2.16. The zero-order chi connectivity index (χ0) is 20.2. The Balaban J connectivity index is 1.98. The summed E-state index contributed by atoms with van der Waals surface area (Å²) in [6.45, 7) is -0.776. The Labute approximate surface area is 166 Å². The van der Waals surface area contributed by atoms with E-state index in [0.29, 0.717) is 39.4 Å². The SMILES string of the molecule is CNc1nc(-c2cccnc2)nc2c(OCCF)cc(-c3ccccc3F)cc12. The fourth-order valence-electron chi connectivity index (χ4n) is 3.12. The maximum atomic E-state index is 14.4. The van der Waals surface area contributed by atoms with E-state index in [1.807, 2.05) is 6.07 Å². The van der Waals surface area contributed by atoms with Crippen molar-refractivity contribution in [2.24, 2.45) is 0 Å². The predicted molar refractivity (Wildman–Crippen MR) is 109 cm³/mol. The molecule has 0 radical (unpaired) electrons. The van der Waals surface area contributed by atoms with Gasteiger partial charge in [0.1, 0.15) is 36.2 Å². The largest absolute Gasteiger partial charge is 0.489 e. The van der Waals surface area contributed by atoms with Crippen molar-refractivity contribution < 1.29 is 13.5 Å². The van der Waals surface area contributed by atoms with Gasteiger partial charge in [0.2, 0.25) is 0 Å². The number of hydrogen-bond acceptors (Lipinski definition) is 5. The van der Waals surface area contributed by atoms with Crippen molar-refractivity contribution >= 4 is 16.7 Å². The van der Waals surface area contributed by atoms with Gasteiger partial charge in [-0.05, 0) is 35.9 Å². The molecular formula is C22H18F2N4O. The van der Waals surface area contributed by atoms with Crippen molar-refractivity contribution in [3.8, 4) is 28.3 Å². The summed E-state index contributed by atoms with van der Waals surface area (Å²) in [5, 5.41) is 3.71. The topological polar surface area (TPSA) is 59.9 Å². The number of alkyl halides is 1. The number of rotatable bonds is 6. The molecule has 29 heavy (non-hydrogen) atoms. The van der Waals surface area contributed by atoms with Crippen molar-refractivity contribution in [2.75, 3.05) is 25.6 Å². The van der Waals surface area contributed by atoms with Gasteiger partial charge in [-0.3, -0.25) is 4.98 Å². The van der Waals surface area contributed by atoms with E-state index >= 15 is 0 Å². The van der Waals surface area contributed by atoms with Crippen molar-refractivity contribution in [3.63, 3.8) is 0 Å². The first-order valence-electron chi connectivity index (χ1n) is 9.09. The number of pyridine rings is 1. The van der Waals surface area contributed by atoms with Crippen molar-refractivity contribution in [1.29, 1.82) is 0 Å². The Morgan fingerprint density at radius 2 is 1.90 bits per heavy atom. The van der Waals surface area contributed by atoms with E-state index in [1.165, 1.54) is 6.07 Å². The number of ether oxygens (including phenoxy) is 1. The fraction of sp³-hybridized carbons (Fsp3) is 0.136. The predicted octanol–water partition coefficient (Wildman–Crippen LogP) is 4.89. The van der Waals surface area contributed by atoms with Crippen LogP contribution in [0.3, 0.4) is 0 Å². The van der Waals surface area contributed by atoms with Crippen LogP contribution in [0.4, 0.5) is 14.6 Å². The van der Waals surface area contributed by atoms with Crippen LogP contribution in [-0.4, -0.2) is 35.3 Å². The summed E-state index contributed by atoms with van der Waals surface area (Å²) in [6, 6.07) is 13.6. The summed E-state index contributed by atoms with van der Waals surface area (Å²) in [5.41, 5.74) is 2.26. The summed E-state index contributed by atoms with van der Waals surface area (Å²) in [6.07, 6.45) is 3.33. The highest BCUT2D eigenvalue weighted by atomic mass is 19.1. The van der Waals surface area contributed by atoms with Crippen molar-refractivity contribution in [1.82, 2.24) is 15.0 Å². The molecule has 146 valence electrons. The van der Waals surface area contributed by atoms with Crippen LogP contribution in [0.5, 0.6) is 5.75 Å². The van der Waals surface area contributed by atoms with Crippen LogP contribution in [0.2, 0.25) is 0 Å². The van der Waals surface area contributed by atoms with Crippen LogP contribution < -0.4 is 10.1 Å². The van der Waals surface area contributed by atoms with E-state index in [0.717, 1.165) is 5.56 Å². The lowest BCUT2D eigenvalue weighted by molar-refractivity contribution is 0.275. The maximum absolute atomic E-state index is 14.4. The molecule has 0 saturated carbocycles. The average Bonchev–Trinajstić information content (AvgIpc) is 2.77. The third-order valence-electron chi connectivity index (χ3n) is 4.44. The van der Waals surface area contributed by atoms with E-state index < -0.39 is 6.67 Å². The molecule has 1 N–H and O–H groups in total. The van der Waals surface area contributed by atoms with Gasteiger partial charge < -0.3 is 10.1 Å². The van der Waals surface area contributed by atoms with E-state index in [1.54, 1.807) is 55.8 Å². The van der Waals surface area contributed by atoms with Crippen LogP contribution in [0.25, 0.3) is 33.4 Å². The van der Waals surface area contributed by atoms with Gasteiger partial charge >= 0.3 is 0 Å². The van der Waals surface area contributed by atoms with Gasteiger partial charge in [-0.1, -0.05) is 18.2 Å². The van der Waals surface area contributed by atoms with E-state index in [9.17, 15) is 8.78 Å². The maximum Gasteiger partial charge on any atom is 0.163 e. The molecule has 4 rings (SSSR count). The van der Waals surface area contributed by atoms with Crippen LogP contribution in [0, 0.1) is 5.82 Å². The molecule has 0 amide bonds. The second-order valence-corrected chi connectivity index (χ2v) is 6.28. The minimum absolute atomic E-state index is 0.128. The van der Waals surface area contributed by atoms with Gasteiger partial charge in [0.05, 0.1) is 0 Å². The van der Waals surface area contributed by atoms with Gasteiger partial charge in [0.15, 0.2) is 5.82 Å². The molecule has 0 atom stereocenters. The number of nitrogens with one attached hydrogen (secondary N) is 1. The molecule has 2 aromatic carbocycles. The summed E-state index contributed by atoms with van der Waals surface area (Å²) >= 11 is 0. The molecule has 2 aromatic heterocycles. The molecule has 5 nitrogen and oxygen atoms in total. The smallest absolute Gasteiger partial charge is 0.163 e. The number of hydrogen-bond donors (Lipinski definition) is 1. The molecule has 4 aromatic rings. The quantitative estimate of drug-likeness (QED) is 0.506. The van der Waals surface area contributed by atoms with Crippen molar-refractivity contribution in [3.05, 3.63) is 66.7 Å². The molecule has 0 fully saturated rings. The van der Waals surface area contributed by atoms with Gasteiger partial charge in [-0.2, -0.15) is 0 Å². The number of halogens is 2. The summed E-state index contributed by atoms with van der Waals surface area (Å²) in [7, 11) is 1.74. The van der Waals surface area contributed by atoms with Gasteiger partial charge in [-0.15, -0.1) is 0 Å². The first-order chi connectivity index (χ1) is 14.2. The number of benzene rings is 2. The molecule has 0 unspecified atom stereocenters. The van der Waals surface area contributed by atoms with Crippen LogP contribution in [0.15, 0.2) is 60.9 Å². The normalized spacial score (nSPS) is 10.9. The monoisotopic (exact) mass is 392 g/mol. The molecule has 0 saturated heterocycles. The molecule has 2 heterocycles. The summed E-state index contributed by atoms with van der Waals surface area (Å²) < 4.78 is 32.8. The van der Waals surface area contributed by atoms with E-state index in [-0.39, 0.29) is 12.4 Å². The van der Waals surface area contributed by atoms with Gasteiger partial charge in [0.25, 0.3) is 0 Å². The second-order valence-electron chi connectivity index (χ2n) is 6.28. The summed E-state index contributed by atoms with van der Waals surface area (Å²) in [4.78, 5) is 13.3. The Morgan fingerprint density at radius 3 is 2.62 bits per heavy atom. The first-order valence-corrected chi connectivity index (χ1v) is 9.09. The number of fused-ring (bicyclic) bond motifs is 1. The molecule has 0 aliphatic carbocycles. The van der Waals surface area contributed by atoms with E-state index in [2.05, 4.69) is 20.3 Å². The Hall–Kier alpha value is -3.61. The lowest BCUT2D eigenvalue weighted by Gasteiger charge is -2.14. The number of anilines is 1. The van der Waals surface area contributed by atoms with Crippen molar-refractivity contribution in [2.45, 2.75) is 0 Å². The zero-order valence-electron chi connectivity index (χ0n) is 15.7. The zero-order valence-corrected chi connectivity index (χ0v) is 15.7. The standard InChI is InChI=1S/C22H18F2N4O/c1-25-22-17-11-15(16-6-2-3-7-18(16)24)12-19(29-10-8-23)20(17)27-21(28-22)14-5-4-9-26-13-14/h2-7,9,11-13H,8,10H2,1H3,(H,25,27,28).